The molecule has 0 amide bonds. The molecule has 1 aromatic carbocycles. The van der Waals surface area contributed by atoms with Crippen LogP contribution in [0.2, 0.25) is 0 Å². The van der Waals surface area contributed by atoms with Crippen LogP contribution in [0.4, 0.5) is 5.69 Å². The van der Waals surface area contributed by atoms with E-state index in [4.69, 9.17) is 4.74 Å². The molecule has 86 valence electrons. The molecule has 1 atom stereocenters. The molecule has 0 spiro atoms. The molecule has 1 aliphatic rings. The first kappa shape index (κ1) is 11.0. The zero-order valence-corrected chi connectivity index (χ0v) is 9.77. The second kappa shape index (κ2) is 4.56. The largest absolute Gasteiger partial charge is 0.464 e. The van der Waals surface area contributed by atoms with Gasteiger partial charge in [-0.3, -0.25) is 4.79 Å². The summed E-state index contributed by atoms with van der Waals surface area (Å²) in [7, 11) is 0. The molecule has 0 aliphatic carbocycles. The minimum absolute atomic E-state index is 0.208. The zero-order chi connectivity index (χ0) is 11.5. The number of nitrogens with zero attached hydrogens (tertiary/aromatic N) is 1. The van der Waals surface area contributed by atoms with E-state index >= 15 is 0 Å². The molecule has 3 nitrogen and oxygen atoms in total. The fourth-order valence-electron chi connectivity index (χ4n) is 2.26. The van der Waals surface area contributed by atoms with Crippen molar-refractivity contribution in [1.29, 1.82) is 0 Å². The van der Waals surface area contributed by atoms with E-state index in [0.717, 1.165) is 13.0 Å². The van der Waals surface area contributed by atoms with Gasteiger partial charge in [-0.2, -0.15) is 0 Å². The average Bonchev–Trinajstić information content (AvgIpc) is 2.55. The van der Waals surface area contributed by atoms with Crippen LogP contribution < -0.4 is 4.90 Å². The van der Waals surface area contributed by atoms with Crippen LogP contribution in [0.3, 0.4) is 0 Å². The Kier molecular flexibility index (Phi) is 3.13. The predicted octanol–water partition coefficient (Wildman–Crippen LogP) is 2.00. The number of esters is 1. The van der Waals surface area contributed by atoms with Crippen LogP contribution in [0.25, 0.3) is 0 Å². The molecular weight excluding hydrogens is 202 g/mol. The molecule has 0 fully saturated rings. The van der Waals surface area contributed by atoms with Crippen LogP contribution in [0, 0.1) is 0 Å². The van der Waals surface area contributed by atoms with Crippen molar-refractivity contribution < 1.29 is 9.53 Å². The van der Waals surface area contributed by atoms with E-state index in [1.165, 1.54) is 18.2 Å². The summed E-state index contributed by atoms with van der Waals surface area (Å²) in [6.45, 7) is 4.89. The molecule has 0 N–H and O–H groups in total. The summed E-state index contributed by atoms with van der Waals surface area (Å²) in [5.41, 5.74) is 2.67. The average molecular weight is 219 g/mol. The van der Waals surface area contributed by atoms with E-state index in [1.807, 2.05) is 0 Å². The molecule has 1 aromatic rings. The Bertz CT molecular complexity index is 389. The summed E-state index contributed by atoms with van der Waals surface area (Å²) in [5, 5.41) is 0. The summed E-state index contributed by atoms with van der Waals surface area (Å²) < 4.78 is 4.99. The number of hydrogen-bond acceptors (Lipinski definition) is 3. The first-order chi connectivity index (χ1) is 7.68. The Morgan fingerprint density at radius 1 is 1.50 bits per heavy atom. The van der Waals surface area contributed by atoms with E-state index < -0.39 is 0 Å². The van der Waals surface area contributed by atoms with Crippen molar-refractivity contribution in [2.45, 2.75) is 26.3 Å². The molecule has 1 unspecified atom stereocenters. The maximum atomic E-state index is 10.7. The normalized spacial score (nSPS) is 18.4. The second-order valence-corrected chi connectivity index (χ2v) is 4.22. The third-order valence-corrected chi connectivity index (χ3v) is 2.99. The van der Waals surface area contributed by atoms with Gasteiger partial charge in [-0.25, -0.2) is 0 Å². The van der Waals surface area contributed by atoms with Crippen LogP contribution in [0.5, 0.6) is 0 Å². The summed E-state index contributed by atoms with van der Waals surface area (Å²) in [6, 6.07) is 8.91. The van der Waals surface area contributed by atoms with Gasteiger partial charge in [0.05, 0.1) is 6.54 Å². The highest BCUT2D eigenvalue weighted by atomic mass is 16.5. The number of rotatable bonds is 3. The minimum Gasteiger partial charge on any atom is -0.464 e. The molecule has 16 heavy (non-hydrogen) atoms. The molecule has 1 aliphatic heterocycles. The van der Waals surface area contributed by atoms with E-state index in [2.05, 4.69) is 36.1 Å². The fourth-order valence-corrected chi connectivity index (χ4v) is 2.26. The molecule has 0 radical (unpaired) electrons. The van der Waals surface area contributed by atoms with Gasteiger partial charge in [-0.15, -0.1) is 0 Å². The van der Waals surface area contributed by atoms with Crippen molar-refractivity contribution in [3.8, 4) is 0 Å². The lowest BCUT2D eigenvalue weighted by atomic mass is 10.1. The number of benzene rings is 1. The quantitative estimate of drug-likeness (QED) is 0.728. The lowest BCUT2D eigenvalue weighted by Gasteiger charge is -2.24. The summed E-state index contributed by atoms with van der Waals surface area (Å²) in [5.74, 6) is -0.208. The monoisotopic (exact) mass is 219 g/mol. The summed E-state index contributed by atoms with van der Waals surface area (Å²) >= 11 is 0. The van der Waals surface area contributed by atoms with E-state index in [9.17, 15) is 4.79 Å². The van der Waals surface area contributed by atoms with Crippen molar-refractivity contribution in [2.75, 3.05) is 18.1 Å². The van der Waals surface area contributed by atoms with Gasteiger partial charge in [-0.1, -0.05) is 18.2 Å². The number of para-hydroxylation sites is 1. The third-order valence-electron chi connectivity index (χ3n) is 2.99. The Labute approximate surface area is 96.0 Å². The topological polar surface area (TPSA) is 29.5 Å². The number of carbonyl (C=O) groups excluding carboxylic acids is 1. The van der Waals surface area contributed by atoms with Crippen molar-refractivity contribution in [3.05, 3.63) is 29.8 Å². The lowest BCUT2D eigenvalue weighted by Crippen LogP contribution is -2.32. The molecule has 0 saturated heterocycles. The van der Waals surface area contributed by atoms with Crippen molar-refractivity contribution in [3.63, 3.8) is 0 Å². The number of fused-ring (bicyclic) bond motifs is 1. The van der Waals surface area contributed by atoms with Crippen LogP contribution in [0.1, 0.15) is 19.4 Å². The van der Waals surface area contributed by atoms with Crippen LogP contribution >= 0.6 is 0 Å². The lowest BCUT2D eigenvalue weighted by molar-refractivity contribution is -0.140. The molecule has 2 rings (SSSR count). The van der Waals surface area contributed by atoms with Gasteiger partial charge < -0.3 is 9.64 Å². The Morgan fingerprint density at radius 2 is 2.25 bits per heavy atom. The van der Waals surface area contributed by atoms with Gasteiger partial charge in [0.15, 0.2) is 0 Å². The molecule has 3 heteroatoms. The highest BCUT2D eigenvalue weighted by Crippen LogP contribution is 2.31. The van der Waals surface area contributed by atoms with Gasteiger partial charge in [0.25, 0.3) is 0 Å². The highest BCUT2D eigenvalue weighted by molar-refractivity contribution is 5.66. The van der Waals surface area contributed by atoms with E-state index in [-0.39, 0.29) is 5.97 Å². The number of carbonyl (C=O) groups is 1. The molecule has 0 saturated carbocycles. The first-order valence-electron chi connectivity index (χ1n) is 5.66. The van der Waals surface area contributed by atoms with Gasteiger partial charge in [-0.05, 0) is 25.0 Å². The number of ether oxygens (including phenoxy) is 1. The summed E-state index contributed by atoms with van der Waals surface area (Å²) in [4.78, 5) is 13.0. The highest BCUT2D eigenvalue weighted by Gasteiger charge is 2.24. The van der Waals surface area contributed by atoms with Crippen LogP contribution in [-0.2, 0) is 16.0 Å². The SMILES string of the molecule is CC(=O)OCCN1c2ccccc2CC1C. The van der Waals surface area contributed by atoms with E-state index in [1.54, 1.807) is 0 Å². The van der Waals surface area contributed by atoms with Gasteiger partial charge >= 0.3 is 5.97 Å². The standard InChI is InChI=1S/C13H17NO2/c1-10-9-12-5-3-4-6-13(12)14(10)7-8-16-11(2)15/h3-6,10H,7-9H2,1-2H3. The van der Waals surface area contributed by atoms with Crippen molar-refractivity contribution >= 4 is 11.7 Å². The predicted molar refractivity (Wildman–Crippen MR) is 63.6 cm³/mol. The summed E-state index contributed by atoms with van der Waals surface area (Å²) in [6.07, 6.45) is 1.08. The van der Waals surface area contributed by atoms with Gasteiger partial charge in [0.2, 0.25) is 0 Å². The molecule has 0 aromatic heterocycles. The van der Waals surface area contributed by atoms with Crippen LogP contribution in [-0.4, -0.2) is 25.2 Å². The Morgan fingerprint density at radius 3 is 3.00 bits per heavy atom. The molecule has 0 bridgehead atoms. The first-order valence-corrected chi connectivity index (χ1v) is 5.66. The Hall–Kier alpha value is -1.51. The zero-order valence-electron chi connectivity index (χ0n) is 9.77. The van der Waals surface area contributed by atoms with Crippen molar-refractivity contribution in [1.82, 2.24) is 0 Å². The third kappa shape index (κ3) is 2.18. The molecular formula is C13H17NO2. The van der Waals surface area contributed by atoms with Gasteiger partial charge in [0.1, 0.15) is 6.61 Å². The molecule has 1 heterocycles. The minimum atomic E-state index is -0.208. The maximum Gasteiger partial charge on any atom is 0.302 e. The second-order valence-electron chi connectivity index (χ2n) is 4.22. The number of anilines is 1. The van der Waals surface area contributed by atoms with Crippen molar-refractivity contribution in [2.24, 2.45) is 0 Å². The smallest absolute Gasteiger partial charge is 0.302 e. The van der Waals surface area contributed by atoms with Gasteiger partial charge in [0, 0.05) is 18.7 Å². The van der Waals surface area contributed by atoms with Crippen LogP contribution in [0.15, 0.2) is 24.3 Å². The number of hydrogen-bond donors (Lipinski definition) is 0. The Balaban J connectivity index is 2.02. The maximum absolute atomic E-state index is 10.7. The fraction of sp³-hybridized carbons (Fsp3) is 0.462. The van der Waals surface area contributed by atoms with E-state index in [0.29, 0.717) is 12.6 Å².